The Labute approximate surface area is 212 Å². The lowest BCUT2D eigenvalue weighted by Crippen LogP contribution is -2.40. The molecular weight excluding hydrogens is 455 g/mol. The SMILES string of the molecule is C[C@@H](F)CN1CCC(C(=O)Nc2cc3cc(-c4cc(CN5CCCCC5)n(C)n4)ccc3cn2)CC1. The van der Waals surface area contributed by atoms with Crippen LogP contribution in [-0.2, 0) is 18.4 Å². The van der Waals surface area contributed by atoms with E-state index >= 15 is 0 Å². The molecule has 2 aromatic heterocycles. The number of carbonyl (C=O) groups excluding carboxylic acids is 1. The Morgan fingerprint density at radius 3 is 2.58 bits per heavy atom. The first-order valence-corrected chi connectivity index (χ1v) is 13.3. The first-order valence-electron chi connectivity index (χ1n) is 13.3. The molecule has 2 aliphatic heterocycles. The highest BCUT2D eigenvalue weighted by molar-refractivity contribution is 5.95. The van der Waals surface area contributed by atoms with Gasteiger partial charge in [0.1, 0.15) is 12.0 Å². The predicted octanol–water partition coefficient (Wildman–Crippen LogP) is 4.63. The molecule has 0 unspecified atom stereocenters. The van der Waals surface area contributed by atoms with Gasteiger partial charge in [0, 0.05) is 43.2 Å². The number of pyridine rings is 1. The normalized spacial score (nSPS) is 19.0. The van der Waals surface area contributed by atoms with Crippen molar-refractivity contribution in [3.8, 4) is 11.3 Å². The summed E-state index contributed by atoms with van der Waals surface area (Å²) in [5, 5.41) is 9.84. The lowest BCUT2D eigenvalue weighted by atomic mass is 9.95. The number of nitrogens with zero attached hydrogens (tertiary/aromatic N) is 5. The molecule has 5 rings (SSSR count). The number of benzene rings is 1. The largest absolute Gasteiger partial charge is 0.310 e. The minimum Gasteiger partial charge on any atom is -0.310 e. The molecule has 7 nitrogen and oxygen atoms in total. The van der Waals surface area contributed by atoms with Gasteiger partial charge < -0.3 is 10.2 Å². The number of anilines is 1. The topological polar surface area (TPSA) is 66.3 Å². The van der Waals surface area contributed by atoms with Gasteiger partial charge in [-0.05, 0) is 82.4 Å². The van der Waals surface area contributed by atoms with Crippen LogP contribution in [0.2, 0.25) is 0 Å². The zero-order valence-electron chi connectivity index (χ0n) is 21.4. The van der Waals surface area contributed by atoms with E-state index in [0.29, 0.717) is 12.4 Å². The number of likely N-dealkylation sites (tertiary alicyclic amines) is 2. The number of rotatable bonds is 7. The van der Waals surface area contributed by atoms with Crippen LogP contribution in [0.1, 0.15) is 44.7 Å². The van der Waals surface area contributed by atoms with Gasteiger partial charge in [-0.2, -0.15) is 5.10 Å². The van der Waals surface area contributed by atoms with Gasteiger partial charge in [0.15, 0.2) is 0 Å². The maximum absolute atomic E-state index is 13.3. The van der Waals surface area contributed by atoms with E-state index < -0.39 is 6.17 Å². The van der Waals surface area contributed by atoms with Crippen LogP contribution in [0.25, 0.3) is 22.0 Å². The van der Waals surface area contributed by atoms with Crippen molar-refractivity contribution < 1.29 is 9.18 Å². The molecule has 36 heavy (non-hydrogen) atoms. The molecule has 0 aliphatic carbocycles. The van der Waals surface area contributed by atoms with Crippen molar-refractivity contribution in [2.24, 2.45) is 13.0 Å². The monoisotopic (exact) mass is 492 g/mol. The first-order chi connectivity index (χ1) is 17.4. The van der Waals surface area contributed by atoms with Crippen LogP contribution in [0.5, 0.6) is 0 Å². The van der Waals surface area contributed by atoms with E-state index in [1.54, 1.807) is 13.1 Å². The fourth-order valence-electron chi connectivity index (χ4n) is 5.47. The van der Waals surface area contributed by atoms with Crippen molar-refractivity contribution in [1.82, 2.24) is 24.6 Å². The standard InChI is InChI=1S/C28H37FN6O/c1-20(29)18-35-12-8-21(9-13-35)28(36)31-27-15-24-14-22(6-7-23(24)17-30-27)26-16-25(33(2)32-26)19-34-10-4-3-5-11-34/h6-7,14-17,20-21H,3-5,8-13,18-19H2,1-2H3,(H,30,31,36)/t20-/m1/s1. The second kappa shape index (κ2) is 11.0. The Balaban J connectivity index is 1.26. The van der Waals surface area contributed by atoms with Gasteiger partial charge in [0.25, 0.3) is 0 Å². The summed E-state index contributed by atoms with van der Waals surface area (Å²) in [6, 6.07) is 10.4. The molecule has 0 bridgehead atoms. The van der Waals surface area contributed by atoms with Crippen LogP contribution in [0.15, 0.2) is 36.5 Å². The summed E-state index contributed by atoms with van der Waals surface area (Å²) in [6.45, 7) is 6.79. The Bertz CT molecular complexity index is 1190. The third-order valence-electron chi connectivity index (χ3n) is 7.55. The summed E-state index contributed by atoms with van der Waals surface area (Å²) in [4.78, 5) is 21.9. The Morgan fingerprint density at radius 1 is 1.06 bits per heavy atom. The third-order valence-corrected chi connectivity index (χ3v) is 7.55. The van der Waals surface area contributed by atoms with E-state index in [-0.39, 0.29) is 11.8 Å². The van der Waals surface area contributed by atoms with Crippen LogP contribution in [-0.4, -0.2) is 69.4 Å². The summed E-state index contributed by atoms with van der Waals surface area (Å²) in [6.07, 6.45) is 6.35. The van der Waals surface area contributed by atoms with Crippen molar-refractivity contribution in [3.63, 3.8) is 0 Å². The molecule has 0 radical (unpaired) electrons. The van der Waals surface area contributed by atoms with Crippen LogP contribution in [0, 0.1) is 5.92 Å². The fourth-order valence-corrected chi connectivity index (χ4v) is 5.47. The number of piperidine rings is 2. The summed E-state index contributed by atoms with van der Waals surface area (Å²) in [5.74, 6) is 0.501. The highest BCUT2D eigenvalue weighted by Gasteiger charge is 2.26. The molecule has 0 saturated carbocycles. The number of alkyl halides is 1. The van der Waals surface area contributed by atoms with Crippen molar-refractivity contribution >= 4 is 22.5 Å². The van der Waals surface area contributed by atoms with Crippen LogP contribution < -0.4 is 5.32 Å². The van der Waals surface area contributed by atoms with Crippen molar-refractivity contribution in [2.45, 2.75) is 51.7 Å². The second-order valence-electron chi connectivity index (χ2n) is 10.5. The maximum Gasteiger partial charge on any atom is 0.228 e. The highest BCUT2D eigenvalue weighted by Crippen LogP contribution is 2.27. The van der Waals surface area contributed by atoms with Crippen LogP contribution >= 0.6 is 0 Å². The molecule has 1 amide bonds. The quantitative estimate of drug-likeness (QED) is 0.521. The van der Waals surface area contributed by atoms with Crippen molar-refractivity contribution in [2.75, 3.05) is 38.0 Å². The Morgan fingerprint density at radius 2 is 1.83 bits per heavy atom. The Hall–Kier alpha value is -2.84. The summed E-state index contributed by atoms with van der Waals surface area (Å²) in [5.41, 5.74) is 3.24. The van der Waals surface area contributed by atoms with Crippen LogP contribution in [0.4, 0.5) is 10.2 Å². The maximum atomic E-state index is 13.3. The lowest BCUT2D eigenvalue weighted by Gasteiger charge is -2.31. The van der Waals surface area contributed by atoms with Gasteiger partial charge in [-0.3, -0.25) is 14.4 Å². The van der Waals surface area contributed by atoms with E-state index in [0.717, 1.165) is 67.6 Å². The van der Waals surface area contributed by atoms with Gasteiger partial charge in [0.05, 0.1) is 11.4 Å². The number of halogens is 1. The summed E-state index contributed by atoms with van der Waals surface area (Å²) < 4.78 is 15.3. The molecule has 192 valence electrons. The number of fused-ring (bicyclic) bond motifs is 1. The minimum atomic E-state index is -0.839. The average molecular weight is 493 g/mol. The molecular formula is C28H37FN6O. The van der Waals surface area contributed by atoms with E-state index in [4.69, 9.17) is 5.10 Å². The first kappa shape index (κ1) is 24.8. The molecule has 1 atom stereocenters. The molecule has 0 spiro atoms. The van der Waals surface area contributed by atoms with Gasteiger partial charge in [0.2, 0.25) is 5.91 Å². The van der Waals surface area contributed by atoms with Gasteiger partial charge >= 0.3 is 0 Å². The molecule has 4 heterocycles. The summed E-state index contributed by atoms with van der Waals surface area (Å²) >= 11 is 0. The zero-order valence-corrected chi connectivity index (χ0v) is 21.4. The van der Waals surface area contributed by atoms with Gasteiger partial charge in [-0.1, -0.05) is 18.6 Å². The van der Waals surface area contributed by atoms with E-state index in [9.17, 15) is 9.18 Å². The molecule has 1 N–H and O–H groups in total. The number of carbonyl (C=O) groups is 1. The number of nitrogens with one attached hydrogen (secondary N) is 1. The minimum absolute atomic E-state index is 0.00182. The number of amides is 1. The molecule has 2 saturated heterocycles. The third kappa shape index (κ3) is 5.93. The zero-order chi connectivity index (χ0) is 25.1. The van der Waals surface area contributed by atoms with Crippen molar-refractivity contribution in [1.29, 1.82) is 0 Å². The number of aromatic nitrogens is 3. The molecule has 3 aromatic rings. The van der Waals surface area contributed by atoms with Gasteiger partial charge in [-0.25, -0.2) is 9.37 Å². The Kier molecular flexibility index (Phi) is 7.62. The van der Waals surface area contributed by atoms with Gasteiger partial charge in [-0.15, -0.1) is 0 Å². The average Bonchev–Trinajstić information content (AvgIpc) is 3.24. The van der Waals surface area contributed by atoms with E-state index in [1.807, 2.05) is 17.8 Å². The van der Waals surface area contributed by atoms with Crippen molar-refractivity contribution in [3.05, 3.63) is 42.2 Å². The highest BCUT2D eigenvalue weighted by atomic mass is 19.1. The molecule has 1 aromatic carbocycles. The predicted molar refractivity (Wildman–Crippen MR) is 141 cm³/mol. The molecule has 2 fully saturated rings. The molecule has 2 aliphatic rings. The number of aryl methyl sites for hydroxylation is 1. The number of hydrogen-bond donors (Lipinski definition) is 1. The fraction of sp³-hybridized carbons (Fsp3) is 0.536. The second-order valence-corrected chi connectivity index (χ2v) is 10.5. The van der Waals surface area contributed by atoms with E-state index in [1.165, 1.54) is 25.0 Å². The smallest absolute Gasteiger partial charge is 0.228 e. The summed E-state index contributed by atoms with van der Waals surface area (Å²) in [7, 11) is 2.02. The number of hydrogen-bond acceptors (Lipinski definition) is 5. The van der Waals surface area contributed by atoms with Crippen LogP contribution in [0.3, 0.4) is 0 Å². The van der Waals surface area contributed by atoms with E-state index in [2.05, 4.69) is 44.4 Å². The lowest BCUT2D eigenvalue weighted by molar-refractivity contribution is -0.121. The molecule has 8 heteroatoms.